The van der Waals surface area contributed by atoms with Crippen LogP contribution in [0, 0.1) is 67.5 Å². The van der Waals surface area contributed by atoms with Crippen LogP contribution in [-0.4, -0.2) is 5.78 Å². The summed E-state index contributed by atoms with van der Waals surface area (Å²) in [5.74, 6) is 4.05. The first-order valence-electron chi connectivity index (χ1n) is 13.7. The van der Waals surface area contributed by atoms with E-state index in [1.165, 1.54) is 44.9 Å². The van der Waals surface area contributed by atoms with Crippen LogP contribution in [-0.2, 0) is 4.79 Å². The Morgan fingerprint density at radius 2 is 1.26 bits per heavy atom. The molecule has 9 saturated carbocycles. The van der Waals surface area contributed by atoms with E-state index < -0.39 is 0 Å². The smallest absolute Gasteiger partial charge is 0.136 e. The first kappa shape index (κ1) is 21.2. The fraction of sp³-hybridized carbons (Fsp3) is 0.967. The van der Waals surface area contributed by atoms with Crippen LogP contribution < -0.4 is 0 Å². The molecule has 9 aliphatic rings. The zero-order chi connectivity index (χ0) is 22.6. The summed E-state index contributed by atoms with van der Waals surface area (Å²) in [5, 5.41) is 0. The Bertz CT molecular complexity index is 864. The predicted octanol–water partition coefficient (Wildman–Crippen LogP) is 7.92. The highest BCUT2D eigenvalue weighted by atomic mass is 16.1. The van der Waals surface area contributed by atoms with Gasteiger partial charge < -0.3 is 0 Å². The van der Waals surface area contributed by atoms with Crippen molar-refractivity contribution in [3.05, 3.63) is 0 Å². The van der Waals surface area contributed by atoms with Crippen LogP contribution in [0.2, 0.25) is 0 Å². The van der Waals surface area contributed by atoms with Crippen molar-refractivity contribution < 1.29 is 4.79 Å². The SMILES string of the molecule is CC1CCC2CC1(C1(C)CCC3CC1(C14CC(CC(=O)C1C)C4(C)C)C3(C)C)C2(C)C. The molecule has 0 amide bonds. The maximum Gasteiger partial charge on any atom is 0.136 e. The summed E-state index contributed by atoms with van der Waals surface area (Å²) in [6, 6.07) is 0. The summed E-state index contributed by atoms with van der Waals surface area (Å²) >= 11 is 0. The van der Waals surface area contributed by atoms with Crippen molar-refractivity contribution in [2.75, 3.05) is 0 Å². The van der Waals surface area contributed by atoms with E-state index in [2.05, 4.69) is 62.3 Å². The van der Waals surface area contributed by atoms with E-state index in [9.17, 15) is 4.79 Å². The predicted molar refractivity (Wildman–Crippen MR) is 127 cm³/mol. The summed E-state index contributed by atoms with van der Waals surface area (Å²) < 4.78 is 0. The molecule has 0 aromatic heterocycles. The molecule has 9 fully saturated rings. The molecule has 0 saturated heterocycles. The van der Waals surface area contributed by atoms with Crippen molar-refractivity contribution in [3.63, 3.8) is 0 Å². The van der Waals surface area contributed by atoms with E-state index >= 15 is 0 Å². The molecule has 0 spiro atoms. The molecule has 0 heterocycles. The van der Waals surface area contributed by atoms with E-state index in [4.69, 9.17) is 0 Å². The molecule has 0 N–H and O–H groups in total. The van der Waals surface area contributed by atoms with Gasteiger partial charge in [0.25, 0.3) is 0 Å². The molecule has 0 aromatic carbocycles. The lowest BCUT2D eigenvalue weighted by Crippen LogP contribution is -2.86. The van der Waals surface area contributed by atoms with E-state index in [0.29, 0.717) is 44.2 Å². The number of rotatable bonds is 2. The third-order valence-electron chi connectivity index (χ3n) is 15.3. The van der Waals surface area contributed by atoms with Crippen LogP contribution in [0.1, 0.15) is 114 Å². The van der Waals surface area contributed by atoms with Gasteiger partial charge in [0, 0.05) is 12.3 Å². The largest absolute Gasteiger partial charge is 0.299 e. The highest BCUT2D eigenvalue weighted by Crippen LogP contribution is 2.94. The minimum absolute atomic E-state index is 0.197. The normalized spacial score (nSPS) is 59.8. The highest BCUT2D eigenvalue weighted by Gasteiger charge is 2.89. The van der Waals surface area contributed by atoms with Crippen molar-refractivity contribution in [2.45, 2.75) is 114 Å². The summed E-state index contributed by atoms with van der Waals surface area (Å²) in [4.78, 5) is 13.4. The molecule has 9 unspecified atom stereocenters. The van der Waals surface area contributed by atoms with E-state index in [1.54, 1.807) is 0 Å². The molecular formula is C30H48O. The molecule has 174 valence electrons. The fourth-order valence-corrected chi connectivity index (χ4v) is 13.6. The van der Waals surface area contributed by atoms with Gasteiger partial charge in [0.05, 0.1) is 0 Å². The molecular weight excluding hydrogens is 376 g/mol. The second-order valence-electron chi connectivity index (χ2n) is 15.5. The van der Waals surface area contributed by atoms with Crippen LogP contribution in [0.5, 0.6) is 0 Å². The van der Waals surface area contributed by atoms with Crippen molar-refractivity contribution >= 4 is 5.78 Å². The number of hydrogen-bond acceptors (Lipinski definition) is 1. The average molecular weight is 425 g/mol. The fourth-order valence-electron chi connectivity index (χ4n) is 13.6. The summed E-state index contributed by atoms with van der Waals surface area (Å²) in [6.07, 6.45) is 10.7. The van der Waals surface area contributed by atoms with E-state index in [-0.39, 0.29) is 11.3 Å². The lowest BCUT2D eigenvalue weighted by Gasteiger charge is -2.91. The van der Waals surface area contributed by atoms with E-state index in [1.807, 2.05) is 0 Å². The lowest BCUT2D eigenvalue weighted by atomic mass is 9.12. The van der Waals surface area contributed by atoms with Crippen LogP contribution in [0.3, 0.4) is 0 Å². The standard InChI is InChI=1S/C30H48O/c1-18-10-11-20-15-28(18,24(20,3)4)27(9)13-12-21-17-30(27,26(21,7)8)29-16-22(25(29,5)6)14-23(31)19(29)2/h18-22H,10-17H2,1-9H3. The summed E-state index contributed by atoms with van der Waals surface area (Å²) in [7, 11) is 0. The van der Waals surface area contributed by atoms with Gasteiger partial charge in [-0.1, -0.05) is 62.3 Å². The number of ketones is 1. The zero-order valence-corrected chi connectivity index (χ0v) is 22.0. The van der Waals surface area contributed by atoms with Gasteiger partial charge in [-0.3, -0.25) is 4.79 Å². The molecule has 0 radical (unpaired) electrons. The van der Waals surface area contributed by atoms with Gasteiger partial charge >= 0.3 is 0 Å². The van der Waals surface area contributed by atoms with Crippen LogP contribution in [0.25, 0.3) is 0 Å². The third kappa shape index (κ3) is 1.64. The minimum Gasteiger partial charge on any atom is -0.299 e. The van der Waals surface area contributed by atoms with Gasteiger partial charge in [-0.2, -0.15) is 0 Å². The molecule has 9 rings (SSSR count). The monoisotopic (exact) mass is 424 g/mol. The van der Waals surface area contributed by atoms with Gasteiger partial charge in [-0.15, -0.1) is 0 Å². The maximum absolute atomic E-state index is 13.4. The molecule has 9 aliphatic carbocycles. The number of Topliss-reactive ketones (excluding diaryl/α,β-unsaturated/α-hetero) is 1. The van der Waals surface area contributed by atoms with Crippen molar-refractivity contribution in [2.24, 2.45) is 67.5 Å². The van der Waals surface area contributed by atoms with Crippen molar-refractivity contribution in [3.8, 4) is 0 Å². The highest BCUT2D eigenvalue weighted by molar-refractivity contribution is 5.85. The average Bonchev–Trinajstić information content (AvgIpc) is 2.68. The third-order valence-corrected chi connectivity index (χ3v) is 15.3. The second kappa shape index (κ2) is 5.33. The van der Waals surface area contributed by atoms with Crippen LogP contribution in [0.4, 0.5) is 0 Å². The second-order valence-corrected chi connectivity index (χ2v) is 15.5. The molecule has 1 heteroatoms. The van der Waals surface area contributed by atoms with Gasteiger partial charge in [0.1, 0.15) is 5.78 Å². The quantitative estimate of drug-likeness (QED) is 0.440. The van der Waals surface area contributed by atoms with Crippen molar-refractivity contribution in [1.29, 1.82) is 0 Å². The maximum atomic E-state index is 13.4. The van der Waals surface area contributed by atoms with Gasteiger partial charge in [-0.05, 0) is 107 Å². The molecule has 31 heavy (non-hydrogen) atoms. The Morgan fingerprint density at radius 1 is 0.677 bits per heavy atom. The van der Waals surface area contributed by atoms with Gasteiger partial charge in [0.2, 0.25) is 0 Å². The Morgan fingerprint density at radius 3 is 1.81 bits per heavy atom. The topological polar surface area (TPSA) is 17.1 Å². The van der Waals surface area contributed by atoms with Gasteiger partial charge in [-0.25, -0.2) is 0 Å². The van der Waals surface area contributed by atoms with Crippen molar-refractivity contribution in [1.82, 2.24) is 0 Å². The Labute approximate surface area is 191 Å². The van der Waals surface area contributed by atoms with Crippen LogP contribution >= 0.6 is 0 Å². The summed E-state index contributed by atoms with van der Waals surface area (Å²) in [6.45, 7) is 23.5. The van der Waals surface area contributed by atoms with Gasteiger partial charge in [0.15, 0.2) is 0 Å². The van der Waals surface area contributed by atoms with E-state index in [0.717, 1.165) is 24.2 Å². The lowest BCUT2D eigenvalue weighted by molar-refractivity contribution is -0.435. The number of hydrogen-bond donors (Lipinski definition) is 0. The number of carbonyl (C=O) groups is 1. The molecule has 0 aromatic rings. The van der Waals surface area contributed by atoms with Crippen LogP contribution in [0.15, 0.2) is 0 Å². The Balaban J connectivity index is 1.62. The molecule has 0 aliphatic heterocycles. The Hall–Kier alpha value is -0.330. The zero-order valence-electron chi connectivity index (χ0n) is 22.0. The molecule has 9 atom stereocenters. The molecule has 1 nitrogen and oxygen atoms in total. The summed E-state index contributed by atoms with van der Waals surface area (Å²) in [5.41, 5.74) is 2.37. The minimum atomic E-state index is 0.197. The Kier molecular flexibility index (Phi) is 3.65. The number of fused-ring (bicyclic) bond motifs is 6. The number of carbonyl (C=O) groups excluding carboxylic acids is 1. The first-order chi connectivity index (χ1) is 14.2. The first-order valence-corrected chi connectivity index (χ1v) is 13.7. The molecule has 6 bridgehead atoms.